The van der Waals surface area contributed by atoms with E-state index in [1.54, 1.807) is 24.3 Å². The number of amides is 3. The van der Waals surface area contributed by atoms with E-state index in [0.29, 0.717) is 11.3 Å². The molecule has 0 aliphatic carbocycles. The third-order valence-electron chi connectivity index (χ3n) is 4.33. The van der Waals surface area contributed by atoms with E-state index < -0.39 is 17.7 Å². The van der Waals surface area contributed by atoms with Crippen LogP contribution in [0.1, 0.15) is 37.6 Å². The fourth-order valence-electron chi connectivity index (χ4n) is 3.38. The minimum atomic E-state index is -0.739. The minimum absolute atomic E-state index is 0.131. The van der Waals surface area contributed by atoms with Gasteiger partial charge in [0.15, 0.2) is 0 Å². The van der Waals surface area contributed by atoms with Crippen LogP contribution in [0.3, 0.4) is 0 Å². The number of benzene rings is 1. The zero-order valence-electron chi connectivity index (χ0n) is 14.7. The molecular formula is C18H23N3O4. The topological polar surface area (TPSA) is 89.9 Å². The van der Waals surface area contributed by atoms with E-state index in [-0.39, 0.29) is 37.2 Å². The highest BCUT2D eigenvalue weighted by molar-refractivity contribution is 6.12. The van der Waals surface area contributed by atoms with Crippen molar-refractivity contribution >= 4 is 23.4 Å². The van der Waals surface area contributed by atoms with Gasteiger partial charge >= 0.3 is 0 Å². The van der Waals surface area contributed by atoms with E-state index in [1.165, 1.54) is 9.80 Å². The number of nitrogens with one attached hydrogen (secondary N) is 1. The first-order valence-electron chi connectivity index (χ1n) is 8.38. The Morgan fingerprint density at radius 2 is 1.96 bits per heavy atom. The van der Waals surface area contributed by atoms with Gasteiger partial charge in [0.2, 0.25) is 11.8 Å². The van der Waals surface area contributed by atoms with Crippen molar-refractivity contribution in [1.29, 1.82) is 0 Å². The zero-order chi connectivity index (χ0) is 18.4. The molecule has 2 unspecified atom stereocenters. The van der Waals surface area contributed by atoms with Crippen molar-refractivity contribution in [3.05, 3.63) is 29.8 Å². The zero-order valence-corrected chi connectivity index (χ0v) is 14.7. The molecule has 0 aromatic heterocycles. The maximum absolute atomic E-state index is 13.0. The van der Waals surface area contributed by atoms with Gasteiger partial charge in [-0.25, -0.2) is 0 Å². The fourth-order valence-corrected chi connectivity index (χ4v) is 3.38. The van der Waals surface area contributed by atoms with Gasteiger partial charge in [-0.2, -0.15) is 0 Å². The molecule has 0 bridgehead atoms. The van der Waals surface area contributed by atoms with E-state index in [9.17, 15) is 19.5 Å². The molecule has 7 nitrogen and oxygen atoms in total. The summed E-state index contributed by atoms with van der Waals surface area (Å²) in [5, 5.41) is 12.7. The second-order valence-electron chi connectivity index (χ2n) is 7.60. The molecule has 2 aliphatic heterocycles. The number of anilines is 1. The van der Waals surface area contributed by atoms with E-state index in [0.717, 1.165) is 0 Å². The highest BCUT2D eigenvalue weighted by atomic mass is 16.3. The second-order valence-corrected chi connectivity index (χ2v) is 7.60. The van der Waals surface area contributed by atoms with Crippen LogP contribution in [0.25, 0.3) is 0 Å². The number of rotatable bonds is 2. The number of hydrogen-bond donors (Lipinski definition) is 2. The van der Waals surface area contributed by atoms with Gasteiger partial charge in [0, 0.05) is 18.5 Å². The molecule has 0 radical (unpaired) electrons. The lowest BCUT2D eigenvalue weighted by Gasteiger charge is -2.27. The Morgan fingerprint density at radius 1 is 1.28 bits per heavy atom. The summed E-state index contributed by atoms with van der Waals surface area (Å²) < 4.78 is 0. The number of aliphatic hydroxyl groups is 1. The van der Waals surface area contributed by atoms with Crippen molar-refractivity contribution in [2.24, 2.45) is 0 Å². The second kappa shape index (κ2) is 6.15. The lowest BCUT2D eigenvalue weighted by atomic mass is 10.1. The predicted molar refractivity (Wildman–Crippen MR) is 92.1 cm³/mol. The highest BCUT2D eigenvalue weighted by Crippen LogP contribution is 2.32. The minimum Gasteiger partial charge on any atom is -0.391 e. The van der Waals surface area contributed by atoms with Gasteiger partial charge in [0.25, 0.3) is 5.91 Å². The standard InChI is InChI=1S/C18H23N3O4/c1-18(2,3)19-15(23)10-21-13-7-5-4-6-12(13)16(24)20-9-11(22)8-14(20)17(21)25/h4-7,11,14,22H,8-10H2,1-3H3,(H,19,23). The third-order valence-corrected chi connectivity index (χ3v) is 4.33. The van der Waals surface area contributed by atoms with Gasteiger partial charge in [0.1, 0.15) is 12.6 Å². The Morgan fingerprint density at radius 3 is 2.64 bits per heavy atom. The van der Waals surface area contributed by atoms with E-state index >= 15 is 0 Å². The van der Waals surface area contributed by atoms with Crippen LogP contribution in [0, 0.1) is 0 Å². The average molecular weight is 345 g/mol. The maximum atomic E-state index is 13.0. The molecule has 3 amide bonds. The molecule has 7 heteroatoms. The summed E-state index contributed by atoms with van der Waals surface area (Å²) >= 11 is 0. The number of carbonyl (C=O) groups excluding carboxylic acids is 3. The summed E-state index contributed by atoms with van der Waals surface area (Å²) in [4.78, 5) is 41.0. The van der Waals surface area contributed by atoms with Crippen molar-refractivity contribution in [1.82, 2.24) is 10.2 Å². The van der Waals surface area contributed by atoms with Gasteiger partial charge in [0.05, 0.1) is 17.4 Å². The summed E-state index contributed by atoms with van der Waals surface area (Å²) in [6.45, 7) is 5.55. The monoisotopic (exact) mass is 345 g/mol. The molecule has 134 valence electrons. The first kappa shape index (κ1) is 17.4. The van der Waals surface area contributed by atoms with Gasteiger partial charge in [-0.1, -0.05) is 12.1 Å². The summed E-state index contributed by atoms with van der Waals surface area (Å²) in [7, 11) is 0. The van der Waals surface area contributed by atoms with Gasteiger partial charge in [-0.3, -0.25) is 14.4 Å². The van der Waals surface area contributed by atoms with Crippen molar-refractivity contribution in [2.45, 2.75) is 44.9 Å². The van der Waals surface area contributed by atoms with Gasteiger partial charge in [-0.05, 0) is 32.9 Å². The molecule has 1 aromatic carbocycles. The molecule has 1 saturated heterocycles. The smallest absolute Gasteiger partial charge is 0.256 e. The Kier molecular flexibility index (Phi) is 4.28. The first-order valence-corrected chi connectivity index (χ1v) is 8.38. The van der Waals surface area contributed by atoms with Crippen molar-refractivity contribution in [3.63, 3.8) is 0 Å². The normalized spacial score (nSPS) is 23.2. The van der Waals surface area contributed by atoms with Crippen LogP contribution in [0.2, 0.25) is 0 Å². The van der Waals surface area contributed by atoms with Crippen molar-refractivity contribution in [3.8, 4) is 0 Å². The largest absolute Gasteiger partial charge is 0.391 e. The van der Waals surface area contributed by atoms with Gasteiger partial charge < -0.3 is 20.2 Å². The lowest BCUT2D eigenvalue weighted by molar-refractivity contribution is -0.126. The molecule has 0 saturated carbocycles. The molecule has 2 N–H and O–H groups in total. The Hall–Kier alpha value is -2.41. The van der Waals surface area contributed by atoms with Crippen molar-refractivity contribution in [2.75, 3.05) is 18.0 Å². The van der Waals surface area contributed by atoms with Crippen molar-refractivity contribution < 1.29 is 19.5 Å². The maximum Gasteiger partial charge on any atom is 0.256 e. The highest BCUT2D eigenvalue weighted by Gasteiger charge is 2.45. The van der Waals surface area contributed by atoms with Crippen LogP contribution in [-0.2, 0) is 9.59 Å². The summed E-state index contributed by atoms with van der Waals surface area (Å²) in [5.41, 5.74) is 0.387. The summed E-state index contributed by atoms with van der Waals surface area (Å²) in [5.74, 6) is -0.918. The molecule has 2 aliphatic rings. The average Bonchev–Trinajstić information content (AvgIpc) is 2.88. The van der Waals surface area contributed by atoms with Crippen LogP contribution in [0.15, 0.2) is 24.3 Å². The number of hydrogen-bond acceptors (Lipinski definition) is 4. The summed E-state index contributed by atoms with van der Waals surface area (Å²) in [6, 6.07) is 6.04. The van der Waals surface area contributed by atoms with Crippen LogP contribution in [-0.4, -0.2) is 58.5 Å². The Labute approximate surface area is 146 Å². The number of nitrogens with zero attached hydrogens (tertiary/aromatic N) is 2. The third kappa shape index (κ3) is 3.37. The molecule has 0 spiro atoms. The summed E-state index contributed by atoms with van der Waals surface area (Å²) in [6.07, 6.45) is -0.538. The van der Waals surface area contributed by atoms with E-state index in [2.05, 4.69) is 5.32 Å². The quantitative estimate of drug-likeness (QED) is 0.818. The molecular weight excluding hydrogens is 322 g/mol. The molecule has 25 heavy (non-hydrogen) atoms. The van der Waals surface area contributed by atoms with E-state index in [4.69, 9.17) is 0 Å². The Balaban J connectivity index is 1.98. The SMILES string of the molecule is CC(C)(C)NC(=O)CN1C(=O)C2CC(O)CN2C(=O)c2ccccc21. The Bertz CT molecular complexity index is 725. The molecule has 3 rings (SSSR count). The van der Waals surface area contributed by atoms with Crippen LogP contribution in [0.4, 0.5) is 5.69 Å². The predicted octanol–water partition coefficient (Wildman–Crippen LogP) is 0.523. The van der Waals surface area contributed by atoms with Crippen LogP contribution in [0.5, 0.6) is 0 Å². The van der Waals surface area contributed by atoms with Crippen LogP contribution < -0.4 is 10.2 Å². The fraction of sp³-hybridized carbons (Fsp3) is 0.500. The molecule has 2 heterocycles. The number of para-hydroxylation sites is 1. The van der Waals surface area contributed by atoms with E-state index in [1.807, 2.05) is 20.8 Å². The number of aliphatic hydroxyl groups excluding tert-OH is 1. The van der Waals surface area contributed by atoms with Crippen LogP contribution >= 0.6 is 0 Å². The molecule has 1 fully saturated rings. The lowest BCUT2D eigenvalue weighted by Crippen LogP contribution is -2.50. The molecule has 1 aromatic rings. The number of carbonyl (C=O) groups is 3. The van der Waals surface area contributed by atoms with Gasteiger partial charge in [-0.15, -0.1) is 0 Å². The number of fused-ring (bicyclic) bond motifs is 2. The first-order chi connectivity index (χ1) is 11.7. The molecule has 2 atom stereocenters.